The van der Waals surface area contributed by atoms with Crippen molar-refractivity contribution in [3.8, 4) is 0 Å². The van der Waals surface area contributed by atoms with E-state index < -0.39 is 11.0 Å². The molecular formula is C9H17NOS. The van der Waals surface area contributed by atoms with E-state index in [2.05, 4.69) is 11.3 Å². The van der Waals surface area contributed by atoms with Crippen molar-refractivity contribution in [1.82, 2.24) is 0 Å². The topological polar surface area (TPSA) is 29.4 Å². The molecule has 0 saturated heterocycles. The van der Waals surface area contributed by atoms with E-state index >= 15 is 0 Å². The molecule has 0 heterocycles. The van der Waals surface area contributed by atoms with Gasteiger partial charge in [0.05, 0.1) is 4.75 Å². The first-order valence-corrected chi connectivity index (χ1v) is 5.51. The molecule has 12 heavy (non-hydrogen) atoms. The highest BCUT2D eigenvalue weighted by Gasteiger charge is 2.25. The van der Waals surface area contributed by atoms with E-state index in [0.29, 0.717) is 5.92 Å². The molecule has 0 aliphatic heterocycles. The smallest absolute Gasteiger partial charge is 0.144 e. The molecule has 3 heteroatoms. The van der Waals surface area contributed by atoms with Gasteiger partial charge in [-0.25, -0.2) is 4.21 Å². The van der Waals surface area contributed by atoms with Crippen LogP contribution < -0.4 is 0 Å². The lowest BCUT2D eigenvalue weighted by atomic mass is 9.85. The highest BCUT2D eigenvalue weighted by atomic mass is 32.2. The lowest BCUT2D eigenvalue weighted by Crippen LogP contribution is -2.27. The summed E-state index contributed by atoms with van der Waals surface area (Å²) >= 11 is 0. The predicted octanol–water partition coefficient (Wildman–Crippen LogP) is 2.32. The summed E-state index contributed by atoms with van der Waals surface area (Å²) in [6.45, 7) is 8.01. The van der Waals surface area contributed by atoms with E-state index in [-0.39, 0.29) is 4.75 Å². The second kappa shape index (κ2) is 3.29. The van der Waals surface area contributed by atoms with E-state index in [9.17, 15) is 4.21 Å². The molecule has 70 valence electrons. The molecule has 1 aliphatic carbocycles. The van der Waals surface area contributed by atoms with Crippen LogP contribution in [-0.4, -0.2) is 14.7 Å². The SMILES string of the molecule is CC1CC/C1=N\S(=O)C(C)(C)C. The van der Waals surface area contributed by atoms with Crippen molar-refractivity contribution in [2.45, 2.75) is 45.3 Å². The Morgan fingerprint density at radius 3 is 2.33 bits per heavy atom. The van der Waals surface area contributed by atoms with Gasteiger partial charge in [0, 0.05) is 5.71 Å². The summed E-state index contributed by atoms with van der Waals surface area (Å²) in [4.78, 5) is 0. The molecule has 1 aliphatic rings. The van der Waals surface area contributed by atoms with Crippen LogP contribution in [0.25, 0.3) is 0 Å². The zero-order chi connectivity index (χ0) is 9.35. The summed E-state index contributed by atoms with van der Waals surface area (Å²) in [5.74, 6) is 0.566. The van der Waals surface area contributed by atoms with Crippen molar-refractivity contribution < 1.29 is 4.21 Å². The molecule has 0 aromatic rings. The molecule has 2 atom stereocenters. The fourth-order valence-corrected chi connectivity index (χ4v) is 1.70. The van der Waals surface area contributed by atoms with E-state index in [0.717, 1.165) is 12.1 Å². The Kier molecular flexibility index (Phi) is 2.71. The van der Waals surface area contributed by atoms with Gasteiger partial charge in [0.25, 0.3) is 0 Å². The standard InChI is InChI=1S/C9H17NOS/c1-7-5-6-8(7)10-12(11)9(2,3)4/h7H,5-6H2,1-4H3/b10-8+. The maximum Gasteiger partial charge on any atom is 0.144 e. The van der Waals surface area contributed by atoms with E-state index in [4.69, 9.17) is 0 Å². The Balaban J connectivity index is 2.62. The molecule has 0 N–H and O–H groups in total. The summed E-state index contributed by atoms with van der Waals surface area (Å²) in [5, 5.41) is 0. The van der Waals surface area contributed by atoms with Crippen molar-refractivity contribution in [3.63, 3.8) is 0 Å². The number of hydrogen-bond donors (Lipinski definition) is 0. The van der Waals surface area contributed by atoms with Gasteiger partial charge in [0.1, 0.15) is 11.0 Å². The van der Waals surface area contributed by atoms with Gasteiger partial charge in [0.2, 0.25) is 0 Å². The molecule has 1 fully saturated rings. The third kappa shape index (κ3) is 2.16. The van der Waals surface area contributed by atoms with Gasteiger partial charge in [-0.15, -0.1) is 0 Å². The third-order valence-corrected chi connectivity index (χ3v) is 3.57. The minimum atomic E-state index is -1.05. The van der Waals surface area contributed by atoms with Crippen LogP contribution in [0, 0.1) is 5.92 Å². The summed E-state index contributed by atoms with van der Waals surface area (Å²) in [6.07, 6.45) is 2.25. The summed E-state index contributed by atoms with van der Waals surface area (Å²) in [6, 6.07) is 0. The van der Waals surface area contributed by atoms with Crippen molar-refractivity contribution in [1.29, 1.82) is 0 Å². The Morgan fingerprint density at radius 1 is 1.50 bits per heavy atom. The first-order chi connectivity index (χ1) is 5.41. The summed E-state index contributed by atoms with van der Waals surface area (Å²) in [5.41, 5.74) is 1.14. The molecule has 0 aromatic heterocycles. The molecule has 0 aromatic carbocycles. The number of rotatable bonds is 1. The highest BCUT2D eigenvalue weighted by Crippen LogP contribution is 2.25. The second-order valence-corrected chi connectivity index (χ2v) is 6.29. The first-order valence-electron chi connectivity index (χ1n) is 4.40. The van der Waals surface area contributed by atoms with Crippen LogP contribution in [0.4, 0.5) is 0 Å². The second-order valence-electron chi connectivity index (χ2n) is 4.38. The molecule has 1 saturated carbocycles. The van der Waals surface area contributed by atoms with Crippen LogP contribution in [0.1, 0.15) is 40.5 Å². The Bertz CT molecular complexity index is 227. The van der Waals surface area contributed by atoms with Gasteiger partial charge in [-0.05, 0) is 39.5 Å². The van der Waals surface area contributed by atoms with Gasteiger partial charge < -0.3 is 0 Å². The Morgan fingerprint density at radius 2 is 2.08 bits per heavy atom. The van der Waals surface area contributed by atoms with Crippen molar-refractivity contribution in [3.05, 3.63) is 0 Å². The zero-order valence-electron chi connectivity index (χ0n) is 8.26. The quantitative estimate of drug-likeness (QED) is 0.619. The van der Waals surface area contributed by atoms with Crippen LogP contribution in [-0.2, 0) is 11.0 Å². The van der Waals surface area contributed by atoms with Crippen LogP contribution in [0.15, 0.2) is 4.40 Å². The summed E-state index contributed by atoms with van der Waals surface area (Å²) < 4.78 is 15.6. The van der Waals surface area contributed by atoms with Gasteiger partial charge in [-0.2, -0.15) is 4.40 Å². The number of nitrogens with zero attached hydrogens (tertiary/aromatic N) is 1. The zero-order valence-corrected chi connectivity index (χ0v) is 9.07. The van der Waals surface area contributed by atoms with Crippen LogP contribution in [0.2, 0.25) is 0 Å². The van der Waals surface area contributed by atoms with Crippen LogP contribution >= 0.6 is 0 Å². The number of hydrogen-bond acceptors (Lipinski definition) is 1. The van der Waals surface area contributed by atoms with E-state index in [1.807, 2.05) is 20.8 Å². The molecule has 0 spiro atoms. The van der Waals surface area contributed by atoms with Crippen LogP contribution in [0.5, 0.6) is 0 Å². The van der Waals surface area contributed by atoms with Gasteiger partial charge >= 0.3 is 0 Å². The van der Waals surface area contributed by atoms with E-state index in [1.54, 1.807) is 0 Å². The molecule has 1 rings (SSSR count). The van der Waals surface area contributed by atoms with Crippen molar-refractivity contribution >= 4 is 16.7 Å². The van der Waals surface area contributed by atoms with E-state index in [1.165, 1.54) is 6.42 Å². The van der Waals surface area contributed by atoms with Crippen molar-refractivity contribution in [2.75, 3.05) is 0 Å². The monoisotopic (exact) mass is 187 g/mol. The third-order valence-electron chi connectivity index (χ3n) is 2.13. The molecule has 0 bridgehead atoms. The summed E-state index contributed by atoms with van der Waals surface area (Å²) in [7, 11) is -1.05. The molecular weight excluding hydrogens is 170 g/mol. The minimum Gasteiger partial charge on any atom is -0.234 e. The Labute approximate surface area is 77.1 Å². The lowest BCUT2D eigenvalue weighted by Gasteiger charge is -2.25. The normalized spacial score (nSPS) is 30.0. The highest BCUT2D eigenvalue weighted by molar-refractivity contribution is 7.85. The molecule has 2 unspecified atom stereocenters. The maximum absolute atomic E-state index is 11.5. The largest absolute Gasteiger partial charge is 0.234 e. The fraction of sp³-hybridized carbons (Fsp3) is 0.889. The van der Waals surface area contributed by atoms with Gasteiger partial charge in [-0.1, -0.05) is 6.92 Å². The average molecular weight is 187 g/mol. The van der Waals surface area contributed by atoms with Crippen LogP contribution in [0.3, 0.4) is 0 Å². The predicted molar refractivity (Wildman–Crippen MR) is 53.7 cm³/mol. The lowest BCUT2D eigenvalue weighted by molar-refractivity contribution is 0.603. The Hall–Kier alpha value is -0.180. The molecule has 0 radical (unpaired) electrons. The minimum absolute atomic E-state index is 0.206. The van der Waals surface area contributed by atoms with Gasteiger partial charge in [-0.3, -0.25) is 0 Å². The maximum atomic E-state index is 11.5. The van der Waals surface area contributed by atoms with Gasteiger partial charge in [0.15, 0.2) is 0 Å². The first kappa shape index (κ1) is 9.90. The van der Waals surface area contributed by atoms with Crippen molar-refractivity contribution in [2.24, 2.45) is 10.3 Å². The fourth-order valence-electron chi connectivity index (χ4n) is 0.941. The average Bonchev–Trinajstić information content (AvgIpc) is 1.95. The molecule has 0 amide bonds. The molecule has 2 nitrogen and oxygen atoms in total.